The number of hydrogen-bond donors (Lipinski definition) is 2. The highest BCUT2D eigenvalue weighted by Crippen LogP contribution is 2.35. The number of carbonyl (C=O) groups is 2. The molecule has 0 radical (unpaired) electrons. The minimum atomic E-state index is -1.25. The Bertz CT molecular complexity index is 828. The number of carboxylic acid groups (broad SMARTS) is 1. The van der Waals surface area contributed by atoms with Crippen molar-refractivity contribution in [2.24, 2.45) is 0 Å². The van der Waals surface area contributed by atoms with Crippen molar-refractivity contribution in [2.45, 2.75) is 19.4 Å². The van der Waals surface area contributed by atoms with Crippen LogP contribution >= 0.6 is 0 Å². The standard InChI is InChI=1S/C17H21N3O6/c1-17(2,16(22)23)20-9-10(8-18-20)19-15(21)11-6-13(25-4)14(26-5)7-12(11)24-3/h6-9H,1-5H3,(H,19,21)(H,22,23). The van der Waals surface area contributed by atoms with Crippen molar-refractivity contribution >= 4 is 17.6 Å². The average Bonchev–Trinajstić information content (AvgIpc) is 3.09. The van der Waals surface area contributed by atoms with E-state index in [1.165, 1.54) is 58.3 Å². The van der Waals surface area contributed by atoms with Gasteiger partial charge in [0.15, 0.2) is 17.0 Å². The first-order valence-electron chi connectivity index (χ1n) is 7.64. The molecule has 9 heteroatoms. The van der Waals surface area contributed by atoms with Crippen LogP contribution in [0.25, 0.3) is 0 Å². The SMILES string of the molecule is COc1cc(OC)c(C(=O)Nc2cnn(C(C)(C)C(=O)O)c2)cc1OC. The van der Waals surface area contributed by atoms with E-state index in [4.69, 9.17) is 14.2 Å². The number of nitrogens with one attached hydrogen (secondary N) is 1. The number of methoxy groups -OCH3 is 3. The number of nitrogens with zero attached hydrogens (tertiary/aromatic N) is 2. The fourth-order valence-corrected chi connectivity index (χ4v) is 2.20. The minimum absolute atomic E-state index is 0.232. The quantitative estimate of drug-likeness (QED) is 0.773. The number of aliphatic carboxylic acids is 1. The molecular weight excluding hydrogens is 342 g/mol. The summed E-state index contributed by atoms with van der Waals surface area (Å²) in [6.45, 7) is 3.01. The Morgan fingerprint density at radius 3 is 2.19 bits per heavy atom. The van der Waals surface area contributed by atoms with Gasteiger partial charge in [-0.25, -0.2) is 4.79 Å². The van der Waals surface area contributed by atoms with Crippen molar-refractivity contribution in [2.75, 3.05) is 26.6 Å². The molecule has 2 N–H and O–H groups in total. The van der Waals surface area contributed by atoms with Crippen molar-refractivity contribution < 1.29 is 28.9 Å². The number of carbonyl (C=O) groups excluding carboxylic acids is 1. The van der Waals surface area contributed by atoms with Crippen LogP contribution in [0, 0.1) is 0 Å². The van der Waals surface area contributed by atoms with Crippen LogP contribution in [0.5, 0.6) is 17.2 Å². The summed E-state index contributed by atoms with van der Waals surface area (Å²) in [5, 5.41) is 15.9. The summed E-state index contributed by atoms with van der Waals surface area (Å²) in [5.74, 6) is -0.396. The number of anilines is 1. The molecule has 1 aromatic heterocycles. The number of amides is 1. The molecule has 0 saturated carbocycles. The first kappa shape index (κ1) is 19.1. The van der Waals surface area contributed by atoms with E-state index >= 15 is 0 Å². The second-order valence-electron chi connectivity index (χ2n) is 5.90. The van der Waals surface area contributed by atoms with E-state index in [0.717, 1.165) is 0 Å². The van der Waals surface area contributed by atoms with E-state index in [9.17, 15) is 14.7 Å². The van der Waals surface area contributed by atoms with Gasteiger partial charge in [-0.05, 0) is 13.8 Å². The molecule has 1 heterocycles. The molecule has 0 spiro atoms. The highest BCUT2D eigenvalue weighted by atomic mass is 16.5. The molecule has 1 aromatic carbocycles. The average molecular weight is 363 g/mol. The highest BCUT2D eigenvalue weighted by Gasteiger charge is 2.30. The third-order valence-electron chi connectivity index (χ3n) is 3.89. The number of aromatic nitrogens is 2. The summed E-state index contributed by atoms with van der Waals surface area (Å²) in [4.78, 5) is 23.9. The second kappa shape index (κ2) is 7.34. The summed E-state index contributed by atoms with van der Waals surface area (Å²) >= 11 is 0. The number of rotatable bonds is 7. The predicted molar refractivity (Wildman–Crippen MR) is 93.2 cm³/mol. The van der Waals surface area contributed by atoms with Crippen LogP contribution in [0.4, 0.5) is 5.69 Å². The molecule has 0 atom stereocenters. The van der Waals surface area contributed by atoms with Gasteiger partial charge in [0.05, 0.1) is 38.8 Å². The normalized spacial score (nSPS) is 11.0. The van der Waals surface area contributed by atoms with Gasteiger partial charge in [0.1, 0.15) is 5.75 Å². The predicted octanol–water partition coefficient (Wildman–Crippen LogP) is 1.98. The van der Waals surface area contributed by atoms with Gasteiger partial charge in [-0.3, -0.25) is 9.48 Å². The Morgan fingerprint density at radius 2 is 1.65 bits per heavy atom. The third-order valence-corrected chi connectivity index (χ3v) is 3.89. The maximum atomic E-state index is 12.6. The zero-order valence-corrected chi connectivity index (χ0v) is 15.2. The Kier molecular flexibility index (Phi) is 5.39. The van der Waals surface area contributed by atoms with E-state index in [0.29, 0.717) is 22.9 Å². The second-order valence-corrected chi connectivity index (χ2v) is 5.90. The fraction of sp³-hybridized carbons (Fsp3) is 0.353. The number of hydrogen-bond acceptors (Lipinski definition) is 6. The molecule has 0 bridgehead atoms. The lowest BCUT2D eigenvalue weighted by Crippen LogP contribution is -2.35. The van der Waals surface area contributed by atoms with Crippen LogP contribution in [0.3, 0.4) is 0 Å². The van der Waals surface area contributed by atoms with Crippen LogP contribution in [0.1, 0.15) is 24.2 Å². The highest BCUT2D eigenvalue weighted by molar-refractivity contribution is 6.06. The topological polar surface area (TPSA) is 112 Å². The van der Waals surface area contributed by atoms with Gasteiger partial charge < -0.3 is 24.6 Å². The van der Waals surface area contributed by atoms with E-state index in [-0.39, 0.29) is 5.56 Å². The Hall–Kier alpha value is -3.23. The molecule has 0 aliphatic heterocycles. The molecule has 0 unspecified atom stereocenters. The van der Waals surface area contributed by atoms with Crippen molar-refractivity contribution in [3.05, 3.63) is 30.1 Å². The molecule has 140 valence electrons. The summed E-state index contributed by atoms with van der Waals surface area (Å²) in [7, 11) is 4.38. The molecule has 0 saturated heterocycles. The van der Waals surface area contributed by atoms with Gasteiger partial charge in [-0.1, -0.05) is 0 Å². The third kappa shape index (κ3) is 3.56. The lowest BCUT2D eigenvalue weighted by atomic mass is 10.1. The molecule has 26 heavy (non-hydrogen) atoms. The zero-order valence-electron chi connectivity index (χ0n) is 15.2. The van der Waals surface area contributed by atoms with Crippen LogP contribution in [-0.4, -0.2) is 48.1 Å². The van der Waals surface area contributed by atoms with E-state index in [1.54, 1.807) is 6.07 Å². The van der Waals surface area contributed by atoms with Crippen LogP contribution in [0.15, 0.2) is 24.5 Å². The lowest BCUT2D eigenvalue weighted by Gasteiger charge is -2.19. The monoisotopic (exact) mass is 363 g/mol. The van der Waals surface area contributed by atoms with Crippen molar-refractivity contribution in [3.8, 4) is 17.2 Å². The molecule has 0 fully saturated rings. The Morgan fingerprint density at radius 1 is 1.08 bits per heavy atom. The molecule has 9 nitrogen and oxygen atoms in total. The fourth-order valence-electron chi connectivity index (χ4n) is 2.20. The molecule has 2 aromatic rings. The zero-order chi connectivity index (χ0) is 19.5. The smallest absolute Gasteiger partial charge is 0.331 e. The van der Waals surface area contributed by atoms with Crippen LogP contribution in [0.2, 0.25) is 0 Å². The Balaban J connectivity index is 2.31. The summed E-state index contributed by atoms with van der Waals surface area (Å²) in [6, 6.07) is 3.04. The van der Waals surface area contributed by atoms with Crippen LogP contribution < -0.4 is 19.5 Å². The number of carboxylic acids is 1. The number of ether oxygens (including phenoxy) is 3. The van der Waals surface area contributed by atoms with Crippen molar-refractivity contribution in [1.82, 2.24) is 9.78 Å². The van der Waals surface area contributed by atoms with Gasteiger partial charge in [-0.15, -0.1) is 0 Å². The molecular formula is C17H21N3O6. The number of benzene rings is 1. The molecule has 0 aliphatic rings. The molecule has 1 amide bonds. The first-order valence-corrected chi connectivity index (χ1v) is 7.64. The molecule has 2 rings (SSSR count). The largest absolute Gasteiger partial charge is 0.496 e. The minimum Gasteiger partial charge on any atom is -0.496 e. The summed E-state index contributed by atoms with van der Waals surface area (Å²) in [5.41, 5.74) is -0.666. The van der Waals surface area contributed by atoms with Gasteiger partial charge in [0.2, 0.25) is 0 Å². The van der Waals surface area contributed by atoms with Gasteiger partial charge >= 0.3 is 5.97 Å². The maximum absolute atomic E-state index is 12.6. The van der Waals surface area contributed by atoms with Crippen molar-refractivity contribution in [3.63, 3.8) is 0 Å². The van der Waals surface area contributed by atoms with Crippen LogP contribution in [-0.2, 0) is 10.3 Å². The van der Waals surface area contributed by atoms with Gasteiger partial charge in [-0.2, -0.15) is 5.10 Å². The van der Waals surface area contributed by atoms with Gasteiger partial charge in [0, 0.05) is 18.3 Å². The maximum Gasteiger partial charge on any atom is 0.331 e. The van der Waals surface area contributed by atoms with Gasteiger partial charge in [0.25, 0.3) is 5.91 Å². The van der Waals surface area contributed by atoms with Crippen molar-refractivity contribution in [1.29, 1.82) is 0 Å². The van der Waals surface area contributed by atoms with E-state index in [2.05, 4.69) is 10.4 Å². The molecule has 0 aliphatic carbocycles. The Labute approximate surface area is 150 Å². The van der Waals surface area contributed by atoms with E-state index < -0.39 is 17.4 Å². The first-order chi connectivity index (χ1) is 12.2. The summed E-state index contributed by atoms with van der Waals surface area (Å²) in [6.07, 6.45) is 2.81. The lowest BCUT2D eigenvalue weighted by molar-refractivity contribution is -0.146. The van der Waals surface area contributed by atoms with E-state index in [1.807, 2.05) is 0 Å². The summed E-state index contributed by atoms with van der Waals surface area (Å²) < 4.78 is 16.9.